The van der Waals surface area contributed by atoms with E-state index < -0.39 is 0 Å². The maximum Gasteiger partial charge on any atom is 0.317 e. The van der Waals surface area contributed by atoms with Gasteiger partial charge in [-0.15, -0.1) is 0 Å². The molecule has 2 aliphatic rings. The fourth-order valence-electron chi connectivity index (χ4n) is 2.99. The predicted molar refractivity (Wildman–Crippen MR) is 78.7 cm³/mol. The summed E-state index contributed by atoms with van der Waals surface area (Å²) in [5.41, 5.74) is 5.03. The number of H-pyrrole nitrogens is 1. The molecule has 1 aliphatic heterocycles. The van der Waals surface area contributed by atoms with E-state index >= 15 is 0 Å². The largest absolute Gasteiger partial charge is 0.358 e. The summed E-state index contributed by atoms with van der Waals surface area (Å²) in [4.78, 5) is 17.6. The molecule has 104 valence electrons. The second-order valence-corrected chi connectivity index (χ2v) is 6.03. The maximum absolute atomic E-state index is 12.2. The van der Waals surface area contributed by atoms with Crippen LogP contribution in [0.3, 0.4) is 0 Å². The van der Waals surface area contributed by atoms with Crippen molar-refractivity contribution < 1.29 is 4.79 Å². The molecule has 2 heterocycles. The Hall–Kier alpha value is -1.97. The number of nitrogens with zero attached hydrogens (tertiary/aromatic N) is 1. The maximum atomic E-state index is 12.2. The number of rotatable bonds is 1. The van der Waals surface area contributed by atoms with Crippen LogP contribution in [0.25, 0.3) is 10.9 Å². The monoisotopic (exact) mass is 269 g/mol. The lowest BCUT2D eigenvalue weighted by Crippen LogP contribution is -2.43. The standard InChI is InChI=1S/C16H19N3O/c1-10-2-5-14-12(8-10)13-9-19(7-6-15(13)18-14)16(20)17-11-3-4-11/h2,5,8,11,18H,3-4,6-7,9H2,1H3,(H,17,20). The number of benzene rings is 1. The highest BCUT2D eigenvalue weighted by Crippen LogP contribution is 2.29. The van der Waals surface area contributed by atoms with E-state index in [-0.39, 0.29) is 6.03 Å². The van der Waals surface area contributed by atoms with E-state index in [2.05, 4.69) is 35.4 Å². The molecular formula is C16H19N3O. The molecule has 0 unspecified atom stereocenters. The molecule has 4 heteroatoms. The normalized spacial score (nSPS) is 18.1. The first kappa shape index (κ1) is 11.8. The highest BCUT2D eigenvalue weighted by atomic mass is 16.2. The number of fused-ring (bicyclic) bond motifs is 3. The zero-order valence-corrected chi connectivity index (χ0v) is 11.7. The molecule has 0 spiro atoms. The summed E-state index contributed by atoms with van der Waals surface area (Å²) < 4.78 is 0. The van der Waals surface area contributed by atoms with Crippen molar-refractivity contribution in [3.8, 4) is 0 Å². The lowest BCUT2D eigenvalue weighted by molar-refractivity contribution is 0.192. The van der Waals surface area contributed by atoms with E-state index in [1.807, 2.05) is 4.90 Å². The molecule has 0 bridgehead atoms. The minimum Gasteiger partial charge on any atom is -0.358 e. The number of hydrogen-bond donors (Lipinski definition) is 2. The number of carbonyl (C=O) groups excluding carboxylic acids is 1. The van der Waals surface area contributed by atoms with E-state index in [0.717, 1.165) is 32.4 Å². The van der Waals surface area contributed by atoms with Gasteiger partial charge in [0, 0.05) is 47.7 Å². The average Bonchev–Trinajstić information content (AvgIpc) is 3.18. The quantitative estimate of drug-likeness (QED) is 0.821. The summed E-state index contributed by atoms with van der Waals surface area (Å²) in [6.07, 6.45) is 3.19. The molecule has 0 radical (unpaired) electrons. The van der Waals surface area contributed by atoms with Gasteiger partial charge in [0.25, 0.3) is 0 Å². The molecular weight excluding hydrogens is 250 g/mol. The second-order valence-electron chi connectivity index (χ2n) is 6.03. The summed E-state index contributed by atoms with van der Waals surface area (Å²) in [5, 5.41) is 4.35. The number of aromatic amines is 1. The highest BCUT2D eigenvalue weighted by Gasteiger charge is 2.28. The molecule has 1 aromatic carbocycles. The van der Waals surface area contributed by atoms with Crippen LogP contribution in [-0.4, -0.2) is 28.5 Å². The number of aryl methyl sites for hydroxylation is 1. The number of hydrogen-bond acceptors (Lipinski definition) is 1. The van der Waals surface area contributed by atoms with Crippen molar-refractivity contribution in [2.45, 2.75) is 38.8 Å². The van der Waals surface area contributed by atoms with Crippen LogP contribution in [0, 0.1) is 6.92 Å². The Bertz CT molecular complexity index is 684. The Morgan fingerprint density at radius 1 is 1.40 bits per heavy atom. The SMILES string of the molecule is Cc1ccc2[nH]c3c(c2c1)CN(C(=O)NC1CC1)CC3. The fraction of sp³-hybridized carbons (Fsp3) is 0.438. The molecule has 4 nitrogen and oxygen atoms in total. The minimum absolute atomic E-state index is 0.0974. The predicted octanol–water partition coefficient (Wildman–Crippen LogP) is 2.71. The van der Waals surface area contributed by atoms with Crippen LogP contribution in [0.2, 0.25) is 0 Å². The van der Waals surface area contributed by atoms with Gasteiger partial charge in [0.15, 0.2) is 0 Å². The molecule has 0 atom stereocenters. The van der Waals surface area contributed by atoms with Crippen LogP contribution >= 0.6 is 0 Å². The number of carbonyl (C=O) groups is 1. The van der Waals surface area contributed by atoms with E-state index in [4.69, 9.17) is 0 Å². The first-order valence-corrected chi connectivity index (χ1v) is 7.36. The second kappa shape index (κ2) is 4.27. The molecule has 2 amide bonds. The Labute approximate surface area is 118 Å². The summed E-state index contributed by atoms with van der Waals surface area (Å²) in [5.74, 6) is 0. The summed E-state index contributed by atoms with van der Waals surface area (Å²) in [6, 6.07) is 7.00. The summed E-state index contributed by atoms with van der Waals surface area (Å²) in [7, 11) is 0. The van der Waals surface area contributed by atoms with E-state index in [9.17, 15) is 4.79 Å². The molecule has 2 aromatic rings. The van der Waals surface area contributed by atoms with Crippen LogP contribution < -0.4 is 5.32 Å². The van der Waals surface area contributed by atoms with Crippen molar-refractivity contribution in [3.05, 3.63) is 35.0 Å². The first-order valence-electron chi connectivity index (χ1n) is 7.36. The fourth-order valence-corrected chi connectivity index (χ4v) is 2.99. The molecule has 1 fully saturated rings. The lowest BCUT2D eigenvalue weighted by Gasteiger charge is -2.27. The van der Waals surface area contributed by atoms with Gasteiger partial charge >= 0.3 is 6.03 Å². The third-order valence-corrected chi connectivity index (χ3v) is 4.32. The molecule has 1 aliphatic carbocycles. The van der Waals surface area contributed by atoms with Gasteiger partial charge in [0.1, 0.15) is 0 Å². The van der Waals surface area contributed by atoms with Crippen LogP contribution in [-0.2, 0) is 13.0 Å². The Morgan fingerprint density at radius 2 is 2.25 bits per heavy atom. The van der Waals surface area contributed by atoms with Crippen molar-refractivity contribution in [3.63, 3.8) is 0 Å². The zero-order valence-electron chi connectivity index (χ0n) is 11.7. The van der Waals surface area contributed by atoms with Crippen molar-refractivity contribution in [2.75, 3.05) is 6.54 Å². The Kier molecular flexibility index (Phi) is 2.52. The molecule has 2 N–H and O–H groups in total. The van der Waals surface area contributed by atoms with Gasteiger partial charge in [-0.3, -0.25) is 0 Å². The Morgan fingerprint density at radius 3 is 3.05 bits per heavy atom. The minimum atomic E-state index is 0.0974. The molecule has 4 rings (SSSR count). The van der Waals surface area contributed by atoms with Gasteiger partial charge in [-0.1, -0.05) is 11.6 Å². The van der Waals surface area contributed by atoms with Crippen LogP contribution in [0.4, 0.5) is 4.79 Å². The van der Waals surface area contributed by atoms with Crippen molar-refractivity contribution in [2.24, 2.45) is 0 Å². The topological polar surface area (TPSA) is 48.1 Å². The molecule has 1 saturated carbocycles. The van der Waals surface area contributed by atoms with Crippen LogP contribution in [0.1, 0.15) is 29.7 Å². The number of aromatic nitrogens is 1. The van der Waals surface area contributed by atoms with E-state index in [0.29, 0.717) is 6.04 Å². The molecule has 1 aromatic heterocycles. The number of nitrogens with one attached hydrogen (secondary N) is 2. The third kappa shape index (κ3) is 1.96. The molecule has 0 saturated heterocycles. The lowest BCUT2D eigenvalue weighted by atomic mass is 10.0. The van der Waals surface area contributed by atoms with E-state index in [1.54, 1.807) is 0 Å². The smallest absolute Gasteiger partial charge is 0.317 e. The number of amides is 2. The van der Waals surface area contributed by atoms with Crippen molar-refractivity contribution in [1.82, 2.24) is 15.2 Å². The zero-order chi connectivity index (χ0) is 13.7. The van der Waals surface area contributed by atoms with Crippen LogP contribution in [0.5, 0.6) is 0 Å². The van der Waals surface area contributed by atoms with Gasteiger partial charge in [-0.05, 0) is 31.9 Å². The summed E-state index contributed by atoms with van der Waals surface area (Å²) >= 11 is 0. The average molecular weight is 269 g/mol. The summed E-state index contributed by atoms with van der Waals surface area (Å²) in [6.45, 7) is 3.63. The van der Waals surface area contributed by atoms with Gasteiger partial charge in [-0.25, -0.2) is 4.79 Å². The molecule has 20 heavy (non-hydrogen) atoms. The van der Waals surface area contributed by atoms with Gasteiger partial charge in [0.05, 0.1) is 0 Å². The third-order valence-electron chi connectivity index (χ3n) is 4.32. The van der Waals surface area contributed by atoms with E-state index in [1.165, 1.54) is 27.7 Å². The van der Waals surface area contributed by atoms with Crippen LogP contribution in [0.15, 0.2) is 18.2 Å². The van der Waals surface area contributed by atoms with Crippen molar-refractivity contribution >= 4 is 16.9 Å². The van der Waals surface area contributed by atoms with Gasteiger partial charge in [0.2, 0.25) is 0 Å². The number of urea groups is 1. The van der Waals surface area contributed by atoms with Crippen molar-refractivity contribution in [1.29, 1.82) is 0 Å². The first-order chi connectivity index (χ1) is 9.70. The van der Waals surface area contributed by atoms with Gasteiger partial charge < -0.3 is 15.2 Å². The highest BCUT2D eigenvalue weighted by molar-refractivity contribution is 5.86. The van der Waals surface area contributed by atoms with Gasteiger partial charge in [-0.2, -0.15) is 0 Å². The Balaban J connectivity index is 1.65.